The Labute approximate surface area is 141 Å². The minimum atomic E-state index is 0.627. The monoisotopic (exact) mass is 320 g/mol. The molecule has 0 amide bonds. The standard InChI is InChI=1S/C19H20N4O/c1-15-21-9-10-23(15)12-11-22(2)14-17-7-8-19(24-17)18-6-4-3-5-16(18)13-20/h3-10H,11-12,14H2,1-2H3. The third-order valence-corrected chi connectivity index (χ3v) is 4.05. The van der Waals surface area contributed by atoms with Crippen LogP contribution in [0.3, 0.4) is 0 Å². The van der Waals surface area contributed by atoms with Gasteiger partial charge in [0.2, 0.25) is 0 Å². The molecule has 0 N–H and O–H groups in total. The summed E-state index contributed by atoms with van der Waals surface area (Å²) in [5.74, 6) is 2.65. The van der Waals surface area contributed by atoms with Crippen LogP contribution in [0.25, 0.3) is 11.3 Å². The fourth-order valence-electron chi connectivity index (χ4n) is 2.67. The summed E-state index contributed by atoms with van der Waals surface area (Å²) in [6.07, 6.45) is 3.81. The molecule has 2 heterocycles. The Bertz CT molecular complexity index is 856. The van der Waals surface area contributed by atoms with Crippen molar-refractivity contribution in [3.63, 3.8) is 0 Å². The van der Waals surface area contributed by atoms with E-state index in [1.165, 1.54) is 0 Å². The van der Waals surface area contributed by atoms with E-state index in [9.17, 15) is 5.26 Å². The van der Waals surface area contributed by atoms with Crippen molar-refractivity contribution in [3.05, 3.63) is 65.9 Å². The molecule has 0 spiro atoms. The van der Waals surface area contributed by atoms with Crippen molar-refractivity contribution in [2.24, 2.45) is 0 Å². The number of benzene rings is 1. The van der Waals surface area contributed by atoms with E-state index in [-0.39, 0.29) is 0 Å². The molecule has 0 aliphatic carbocycles. The van der Waals surface area contributed by atoms with Crippen LogP contribution in [-0.2, 0) is 13.1 Å². The largest absolute Gasteiger partial charge is 0.460 e. The lowest BCUT2D eigenvalue weighted by atomic mass is 10.1. The number of nitriles is 1. The first kappa shape index (κ1) is 16.0. The van der Waals surface area contributed by atoms with Crippen LogP contribution in [0.4, 0.5) is 0 Å². The van der Waals surface area contributed by atoms with Crippen molar-refractivity contribution < 1.29 is 4.42 Å². The van der Waals surface area contributed by atoms with E-state index in [1.807, 2.05) is 49.6 Å². The summed E-state index contributed by atoms with van der Waals surface area (Å²) in [7, 11) is 2.07. The van der Waals surface area contributed by atoms with Crippen molar-refractivity contribution in [3.8, 4) is 17.4 Å². The fraction of sp³-hybridized carbons (Fsp3) is 0.263. The summed E-state index contributed by atoms with van der Waals surface area (Å²) >= 11 is 0. The van der Waals surface area contributed by atoms with Crippen molar-refractivity contribution in [1.29, 1.82) is 5.26 Å². The maximum Gasteiger partial charge on any atom is 0.135 e. The lowest BCUT2D eigenvalue weighted by Crippen LogP contribution is -2.22. The molecule has 0 saturated heterocycles. The summed E-state index contributed by atoms with van der Waals surface area (Å²) in [5, 5.41) is 9.21. The zero-order valence-corrected chi connectivity index (χ0v) is 13.9. The number of aromatic nitrogens is 2. The summed E-state index contributed by atoms with van der Waals surface area (Å²) in [5.41, 5.74) is 1.46. The van der Waals surface area contributed by atoms with Gasteiger partial charge < -0.3 is 8.98 Å². The zero-order valence-electron chi connectivity index (χ0n) is 13.9. The highest BCUT2D eigenvalue weighted by Crippen LogP contribution is 2.25. The van der Waals surface area contributed by atoms with E-state index in [0.29, 0.717) is 5.56 Å². The molecular formula is C19H20N4O. The molecule has 3 rings (SSSR count). The molecule has 0 aliphatic heterocycles. The fourth-order valence-corrected chi connectivity index (χ4v) is 2.67. The Hall–Kier alpha value is -2.84. The van der Waals surface area contributed by atoms with Gasteiger partial charge in [-0.05, 0) is 38.2 Å². The number of imidazole rings is 1. The number of hydrogen-bond acceptors (Lipinski definition) is 4. The Morgan fingerprint density at radius 1 is 1.25 bits per heavy atom. The summed E-state index contributed by atoms with van der Waals surface area (Å²) in [6, 6.07) is 13.6. The molecule has 0 radical (unpaired) electrons. The molecule has 1 aromatic carbocycles. The van der Waals surface area contributed by atoms with E-state index < -0.39 is 0 Å². The van der Waals surface area contributed by atoms with Gasteiger partial charge in [-0.1, -0.05) is 12.1 Å². The lowest BCUT2D eigenvalue weighted by Gasteiger charge is -2.16. The van der Waals surface area contributed by atoms with Gasteiger partial charge in [0.15, 0.2) is 0 Å². The van der Waals surface area contributed by atoms with Crippen molar-refractivity contribution in [2.75, 3.05) is 13.6 Å². The van der Waals surface area contributed by atoms with Gasteiger partial charge >= 0.3 is 0 Å². The van der Waals surface area contributed by atoms with Gasteiger partial charge in [0, 0.05) is 31.0 Å². The van der Waals surface area contributed by atoms with Crippen LogP contribution < -0.4 is 0 Å². The summed E-state index contributed by atoms with van der Waals surface area (Å²) in [6.45, 7) is 4.53. The predicted molar refractivity (Wildman–Crippen MR) is 92.2 cm³/mol. The first-order chi connectivity index (χ1) is 11.7. The Kier molecular flexibility index (Phi) is 4.78. The first-order valence-electron chi connectivity index (χ1n) is 7.92. The van der Waals surface area contributed by atoms with Gasteiger partial charge in [0.25, 0.3) is 0 Å². The number of aryl methyl sites for hydroxylation is 1. The highest BCUT2D eigenvalue weighted by Gasteiger charge is 2.10. The van der Waals surface area contributed by atoms with Crippen LogP contribution in [0, 0.1) is 18.3 Å². The molecule has 3 aromatic rings. The SMILES string of the molecule is Cc1nccn1CCN(C)Cc1ccc(-c2ccccc2C#N)o1. The molecule has 24 heavy (non-hydrogen) atoms. The maximum absolute atomic E-state index is 9.21. The summed E-state index contributed by atoms with van der Waals surface area (Å²) in [4.78, 5) is 6.44. The van der Waals surface area contributed by atoms with E-state index >= 15 is 0 Å². The highest BCUT2D eigenvalue weighted by molar-refractivity contribution is 5.66. The van der Waals surface area contributed by atoms with Crippen molar-refractivity contribution in [1.82, 2.24) is 14.5 Å². The molecule has 5 heteroatoms. The molecule has 0 fully saturated rings. The third kappa shape index (κ3) is 3.55. The molecule has 0 unspecified atom stereocenters. The van der Waals surface area contributed by atoms with Gasteiger partial charge in [-0.2, -0.15) is 5.26 Å². The molecule has 0 saturated carbocycles. The molecule has 122 valence electrons. The molecular weight excluding hydrogens is 300 g/mol. The van der Waals surface area contributed by atoms with Crippen LogP contribution in [0.15, 0.2) is 53.2 Å². The Morgan fingerprint density at radius 2 is 2.08 bits per heavy atom. The number of furan rings is 1. The zero-order chi connectivity index (χ0) is 16.9. The Balaban J connectivity index is 1.63. The van der Waals surface area contributed by atoms with E-state index in [2.05, 4.69) is 27.6 Å². The second kappa shape index (κ2) is 7.16. The first-order valence-corrected chi connectivity index (χ1v) is 7.92. The summed E-state index contributed by atoms with van der Waals surface area (Å²) < 4.78 is 8.06. The molecule has 5 nitrogen and oxygen atoms in total. The van der Waals surface area contributed by atoms with Gasteiger partial charge in [0.05, 0.1) is 18.2 Å². The van der Waals surface area contributed by atoms with E-state index in [0.717, 1.165) is 42.5 Å². The molecule has 0 atom stereocenters. The number of hydrogen-bond donors (Lipinski definition) is 0. The normalized spacial score (nSPS) is 10.9. The van der Waals surface area contributed by atoms with E-state index in [1.54, 1.807) is 6.07 Å². The van der Waals surface area contributed by atoms with Crippen LogP contribution >= 0.6 is 0 Å². The van der Waals surface area contributed by atoms with Gasteiger partial charge in [-0.15, -0.1) is 0 Å². The minimum Gasteiger partial charge on any atom is -0.460 e. The predicted octanol–water partition coefficient (Wildman–Crippen LogP) is 3.46. The van der Waals surface area contributed by atoms with Crippen LogP contribution in [0.1, 0.15) is 17.1 Å². The number of rotatable bonds is 6. The lowest BCUT2D eigenvalue weighted by molar-refractivity contribution is 0.284. The van der Waals surface area contributed by atoms with E-state index in [4.69, 9.17) is 4.42 Å². The molecule has 2 aromatic heterocycles. The molecule has 0 aliphatic rings. The average molecular weight is 320 g/mol. The Morgan fingerprint density at radius 3 is 2.83 bits per heavy atom. The number of likely N-dealkylation sites (N-methyl/N-ethyl adjacent to an activating group) is 1. The van der Waals surface area contributed by atoms with Gasteiger partial charge in [0.1, 0.15) is 17.3 Å². The minimum absolute atomic E-state index is 0.627. The second-order valence-electron chi connectivity index (χ2n) is 5.83. The average Bonchev–Trinajstić information content (AvgIpc) is 3.22. The topological polar surface area (TPSA) is 58.0 Å². The third-order valence-electron chi connectivity index (χ3n) is 4.05. The van der Waals surface area contributed by atoms with Gasteiger partial charge in [-0.25, -0.2) is 4.98 Å². The van der Waals surface area contributed by atoms with Gasteiger partial charge in [-0.3, -0.25) is 4.90 Å². The quantitative estimate of drug-likeness (QED) is 0.698. The highest BCUT2D eigenvalue weighted by atomic mass is 16.3. The second-order valence-corrected chi connectivity index (χ2v) is 5.83. The van der Waals surface area contributed by atoms with Crippen molar-refractivity contribution in [2.45, 2.75) is 20.0 Å². The van der Waals surface area contributed by atoms with Crippen LogP contribution in [0.2, 0.25) is 0 Å². The smallest absolute Gasteiger partial charge is 0.135 e. The van der Waals surface area contributed by atoms with Crippen LogP contribution in [-0.4, -0.2) is 28.0 Å². The maximum atomic E-state index is 9.21. The van der Waals surface area contributed by atoms with Crippen molar-refractivity contribution >= 4 is 0 Å². The number of nitrogens with zero attached hydrogens (tertiary/aromatic N) is 4. The molecule has 0 bridgehead atoms. The van der Waals surface area contributed by atoms with Crippen LogP contribution in [0.5, 0.6) is 0 Å².